The molecule has 0 aliphatic carbocycles. The van der Waals surface area contributed by atoms with Gasteiger partial charge < -0.3 is 19.8 Å². The molecule has 1 fully saturated rings. The smallest absolute Gasteiger partial charge is 0.305 e. The molecule has 2 rings (SSSR count). The first-order chi connectivity index (χ1) is 9.49. The Hall–Kier alpha value is -1.60. The van der Waals surface area contributed by atoms with Crippen LogP contribution in [0.1, 0.15) is 16.8 Å². The van der Waals surface area contributed by atoms with Crippen molar-refractivity contribution < 1.29 is 24.5 Å². The van der Waals surface area contributed by atoms with Crippen molar-refractivity contribution in [1.82, 2.24) is 4.90 Å². The highest BCUT2D eigenvalue weighted by Crippen LogP contribution is 2.25. The molecule has 0 spiro atoms. The monoisotopic (exact) mass is 343 g/mol. The number of phenols is 1. The summed E-state index contributed by atoms with van der Waals surface area (Å²) in [5.74, 6) is -1.31. The van der Waals surface area contributed by atoms with Crippen LogP contribution in [0.15, 0.2) is 22.7 Å². The van der Waals surface area contributed by atoms with Gasteiger partial charge in [-0.2, -0.15) is 0 Å². The molecule has 1 aliphatic rings. The standard InChI is InChI=1S/C13H14BrNO5/c14-10-2-1-8(5-11(10)16)13(19)15-3-4-20-7-9(15)6-12(17)18/h1-2,5,9,16H,3-4,6-7H2,(H,17,18). The molecule has 20 heavy (non-hydrogen) atoms. The van der Waals surface area contributed by atoms with Crippen LogP contribution in [0.5, 0.6) is 5.75 Å². The van der Waals surface area contributed by atoms with Gasteiger partial charge in [0.2, 0.25) is 0 Å². The van der Waals surface area contributed by atoms with Gasteiger partial charge in [0.15, 0.2) is 0 Å². The normalized spacial score (nSPS) is 18.9. The Balaban J connectivity index is 2.20. The Labute approximate surface area is 124 Å². The molecule has 0 radical (unpaired) electrons. The predicted octanol–water partition coefficient (Wildman–Crippen LogP) is 1.47. The number of benzene rings is 1. The minimum Gasteiger partial charge on any atom is -0.507 e. The number of rotatable bonds is 3. The molecule has 1 amide bonds. The fraction of sp³-hybridized carbons (Fsp3) is 0.385. The van der Waals surface area contributed by atoms with Crippen molar-refractivity contribution in [3.63, 3.8) is 0 Å². The summed E-state index contributed by atoms with van der Waals surface area (Å²) in [5.41, 5.74) is 0.322. The molecule has 1 aromatic rings. The minimum absolute atomic E-state index is 0.0288. The van der Waals surface area contributed by atoms with Gasteiger partial charge in [-0.05, 0) is 34.1 Å². The number of carboxylic acid groups (broad SMARTS) is 1. The number of amides is 1. The highest BCUT2D eigenvalue weighted by Gasteiger charge is 2.30. The van der Waals surface area contributed by atoms with Crippen molar-refractivity contribution in [2.45, 2.75) is 12.5 Å². The van der Waals surface area contributed by atoms with Crippen molar-refractivity contribution in [3.05, 3.63) is 28.2 Å². The SMILES string of the molecule is O=C(O)CC1COCCN1C(=O)c1ccc(Br)c(O)c1. The lowest BCUT2D eigenvalue weighted by Crippen LogP contribution is -2.49. The topological polar surface area (TPSA) is 87.1 Å². The van der Waals surface area contributed by atoms with E-state index in [9.17, 15) is 14.7 Å². The Morgan fingerprint density at radius 3 is 2.85 bits per heavy atom. The molecule has 108 valence electrons. The van der Waals surface area contributed by atoms with E-state index in [1.54, 1.807) is 12.1 Å². The molecule has 1 saturated heterocycles. The van der Waals surface area contributed by atoms with Crippen molar-refractivity contribution in [1.29, 1.82) is 0 Å². The second-order valence-corrected chi connectivity index (χ2v) is 5.35. The van der Waals surface area contributed by atoms with Gasteiger partial charge in [-0.3, -0.25) is 9.59 Å². The van der Waals surface area contributed by atoms with Gasteiger partial charge in [0, 0.05) is 12.1 Å². The van der Waals surface area contributed by atoms with Gasteiger partial charge in [0.25, 0.3) is 5.91 Å². The van der Waals surface area contributed by atoms with E-state index in [0.717, 1.165) is 0 Å². The Morgan fingerprint density at radius 1 is 1.45 bits per heavy atom. The van der Waals surface area contributed by atoms with E-state index in [4.69, 9.17) is 9.84 Å². The number of carbonyl (C=O) groups excluding carboxylic acids is 1. The van der Waals surface area contributed by atoms with E-state index < -0.39 is 12.0 Å². The highest BCUT2D eigenvalue weighted by atomic mass is 79.9. The molecule has 6 nitrogen and oxygen atoms in total. The lowest BCUT2D eigenvalue weighted by molar-refractivity contribution is -0.139. The summed E-state index contributed by atoms with van der Waals surface area (Å²) in [7, 11) is 0. The Bertz CT molecular complexity index is 533. The van der Waals surface area contributed by atoms with E-state index in [1.165, 1.54) is 11.0 Å². The molecule has 7 heteroatoms. The summed E-state index contributed by atoms with van der Waals surface area (Å²) >= 11 is 3.15. The molecular weight excluding hydrogens is 330 g/mol. The maximum Gasteiger partial charge on any atom is 0.305 e. The Morgan fingerprint density at radius 2 is 2.20 bits per heavy atom. The van der Waals surface area contributed by atoms with Gasteiger partial charge in [0.1, 0.15) is 5.75 Å². The van der Waals surface area contributed by atoms with Gasteiger partial charge in [-0.15, -0.1) is 0 Å². The van der Waals surface area contributed by atoms with Crippen LogP contribution in [0.25, 0.3) is 0 Å². The van der Waals surface area contributed by atoms with E-state index in [-0.39, 0.29) is 24.7 Å². The number of carbonyl (C=O) groups is 2. The molecule has 1 atom stereocenters. The first-order valence-electron chi connectivity index (χ1n) is 6.08. The van der Waals surface area contributed by atoms with Gasteiger partial charge in [-0.1, -0.05) is 0 Å². The number of hydrogen-bond donors (Lipinski definition) is 2. The van der Waals surface area contributed by atoms with Crippen LogP contribution in [0.3, 0.4) is 0 Å². The fourth-order valence-electron chi connectivity index (χ4n) is 2.10. The quantitative estimate of drug-likeness (QED) is 0.867. The second-order valence-electron chi connectivity index (χ2n) is 4.49. The molecule has 1 aromatic carbocycles. The summed E-state index contributed by atoms with van der Waals surface area (Å²) < 4.78 is 5.73. The van der Waals surface area contributed by atoms with Crippen LogP contribution in [0.2, 0.25) is 0 Å². The second kappa shape index (κ2) is 6.23. The summed E-state index contributed by atoms with van der Waals surface area (Å²) in [6, 6.07) is 4.04. The average molecular weight is 344 g/mol. The molecule has 2 N–H and O–H groups in total. The van der Waals surface area contributed by atoms with E-state index >= 15 is 0 Å². The number of halogens is 1. The van der Waals surface area contributed by atoms with E-state index in [2.05, 4.69) is 15.9 Å². The van der Waals surface area contributed by atoms with Crippen LogP contribution < -0.4 is 0 Å². The van der Waals surface area contributed by atoms with Crippen molar-refractivity contribution in [2.24, 2.45) is 0 Å². The van der Waals surface area contributed by atoms with Gasteiger partial charge >= 0.3 is 5.97 Å². The molecule has 1 aliphatic heterocycles. The molecule has 0 saturated carbocycles. The van der Waals surface area contributed by atoms with Crippen LogP contribution >= 0.6 is 15.9 Å². The van der Waals surface area contributed by atoms with Crippen LogP contribution in [0.4, 0.5) is 0 Å². The number of hydrogen-bond acceptors (Lipinski definition) is 4. The van der Waals surface area contributed by atoms with Crippen LogP contribution in [-0.2, 0) is 9.53 Å². The highest BCUT2D eigenvalue weighted by molar-refractivity contribution is 9.10. The number of phenolic OH excluding ortho intramolecular Hbond substituents is 1. The fourth-order valence-corrected chi connectivity index (χ4v) is 2.35. The summed E-state index contributed by atoms with van der Waals surface area (Å²) in [6.45, 7) is 0.929. The van der Waals surface area contributed by atoms with Crippen molar-refractivity contribution >= 4 is 27.8 Å². The molecular formula is C13H14BrNO5. The third-order valence-electron chi connectivity index (χ3n) is 3.09. The predicted molar refractivity (Wildman–Crippen MR) is 73.7 cm³/mol. The lowest BCUT2D eigenvalue weighted by atomic mass is 10.1. The number of morpholine rings is 1. The summed E-state index contributed by atoms with van der Waals surface area (Å²) in [4.78, 5) is 24.7. The molecule has 1 heterocycles. The maximum absolute atomic E-state index is 12.4. The largest absolute Gasteiger partial charge is 0.507 e. The van der Waals surface area contributed by atoms with Crippen LogP contribution in [-0.4, -0.2) is 52.8 Å². The summed E-state index contributed by atoms with van der Waals surface area (Å²) in [5, 5.41) is 18.5. The number of aliphatic carboxylic acids is 1. The lowest BCUT2D eigenvalue weighted by Gasteiger charge is -2.34. The third kappa shape index (κ3) is 3.29. The average Bonchev–Trinajstić information content (AvgIpc) is 2.41. The first kappa shape index (κ1) is 14.8. The zero-order chi connectivity index (χ0) is 14.7. The zero-order valence-electron chi connectivity index (χ0n) is 10.6. The molecule has 0 aromatic heterocycles. The molecule has 0 bridgehead atoms. The van der Waals surface area contributed by atoms with Crippen molar-refractivity contribution in [3.8, 4) is 5.75 Å². The summed E-state index contributed by atoms with van der Waals surface area (Å²) in [6.07, 6.45) is -0.158. The molecule has 1 unspecified atom stereocenters. The maximum atomic E-state index is 12.4. The third-order valence-corrected chi connectivity index (χ3v) is 3.76. The van der Waals surface area contributed by atoms with E-state index in [0.29, 0.717) is 23.2 Å². The Kier molecular flexibility index (Phi) is 4.61. The minimum atomic E-state index is -0.975. The number of nitrogens with zero attached hydrogens (tertiary/aromatic N) is 1. The van der Waals surface area contributed by atoms with Gasteiger partial charge in [0.05, 0.1) is 30.1 Å². The van der Waals surface area contributed by atoms with Crippen LogP contribution in [0, 0.1) is 0 Å². The first-order valence-corrected chi connectivity index (χ1v) is 6.87. The number of carboxylic acids is 1. The van der Waals surface area contributed by atoms with E-state index in [1.807, 2.05) is 0 Å². The van der Waals surface area contributed by atoms with Crippen molar-refractivity contribution in [2.75, 3.05) is 19.8 Å². The number of ether oxygens (including phenoxy) is 1. The zero-order valence-corrected chi connectivity index (χ0v) is 12.2. The van der Waals surface area contributed by atoms with Gasteiger partial charge in [-0.25, -0.2) is 0 Å². The number of aromatic hydroxyl groups is 1.